The van der Waals surface area contributed by atoms with Crippen molar-refractivity contribution in [2.45, 2.75) is 35.3 Å². The first-order chi connectivity index (χ1) is 17.3. The molecule has 1 aliphatic rings. The summed E-state index contributed by atoms with van der Waals surface area (Å²) >= 11 is 0. The van der Waals surface area contributed by atoms with Gasteiger partial charge in [0, 0.05) is 36.4 Å². The van der Waals surface area contributed by atoms with E-state index in [0.717, 1.165) is 0 Å². The highest BCUT2D eigenvalue weighted by Crippen LogP contribution is 2.35. The summed E-state index contributed by atoms with van der Waals surface area (Å²) in [5, 5.41) is 9.73. The molecule has 3 N–H and O–H groups in total. The van der Waals surface area contributed by atoms with Gasteiger partial charge in [-0.15, -0.1) is 0 Å². The number of methoxy groups -OCH3 is 1. The topological polar surface area (TPSA) is 144 Å². The van der Waals surface area contributed by atoms with Gasteiger partial charge < -0.3 is 19.2 Å². The summed E-state index contributed by atoms with van der Waals surface area (Å²) in [6, 6.07) is 11.1. The SMILES string of the molecule is COc1ccc2c(=O)c(CCCOc3ccc(S(=O)(=O)C4(C(=O)NO)CCOCC4)cc3)c[nH]c2c1. The van der Waals surface area contributed by atoms with Gasteiger partial charge in [0.05, 0.1) is 24.1 Å². The predicted octanol–water partition coefficient (Wildman–Crippen LogP) is 2.38. The van der Waals surface area contributed by atoms with E-state index in [4.69, 9.17) is 19.4 Å². The molecule has 192 valence electrons. The second kappa shape index (κ2) is 10.7. The molecule has 3 aromatic rings. The van der Waals surface area contributed by atoms with Gasteiger partial charge in [-0.25, -0.2) is 13.9 Å². The second-order valence-electron chi connectivity index (χ2n) is 8.53. The Balaban J connectivity index is 1.39. The number of benzene rings is 2. The van der Waals surface area contributed by atoms with E-state index in [1.807, 2.05) is 0 Å². The Morgan fingerprint density at radius 3 is 2.50 bits per heavy atom. The number of nitrogens with one attached hydrogen (secondary N) is 2. The minimum Gasteiger partial charge on any atom is -0.497 e. The number of sulfone groups is 1. The van der Waals surface area contributed by atoms with E-state index >= 15 is 0 Å². The number of aryl methyl sites for hydroxylation is 1. The van der Waals surface area contributed by atoms with E-state index in [9.17, 15) is 18.0 Å². The van der Waals surface area contributed by atoms with Crippen molar-refractivity contribution in [3.8, 4) is 11.5 Å². The zero-order valence-electron chi connectivity index (χ0n) is 19.8. The van der Waals surface area contributed by atoms with E-state index in [2.05, 4.69) is 4.98 Å². The summed E-state index contributed by atoms with van der Waals surface area (Å²) in [6.07, 6.45) is 2.66. The minimum absolute atomic E-state index is 0.0420. The Labute approximate surface area is 208 Å². The van der Waals surface area contributed by atoms with Gasteiger partial charge in [0.2, 0.25) is 0 Å². The fraction of sp³-hybridized carbons (Fsp3) is 0.360. The average molecular weight is 517 g/mol. The molecular formula is C25H28N2O8S. The van der Waals surface area contributed by atoms with Gasteiger partial charge in [-0.05, 0) is 62.1 Å². The highest BCUT2D eigenvalue weighted by molar-refractivity contribution is 7.93. The molecule has 0 spiro atoms. The summed E-state index contributed by atoms with van der Waals surface area (Å²) in [5.41, 5.74) is 2.80. The highest BCUT2D eigenvalue weighted by Gasteiger charge is 2.52. The number of fused-ring (bicyclic) bond motifs is 1. The number of amides is 1. The molecule has 2 heterocycles. The normalized spacial score (nSPS) is 15.4. The largest absolute Gasteiger partial charge is 0.497 e. The second-order valence-corrected chi connectivity index (χ2v) is 10.8. The molecule has 1 saturated heterocycles. The van der Waals surface area contributed by atoms with Crippen LogP contribution >= 0.6 is 0 Å². The van der Waals surface area contributed by atoms with Crippen LogP contribution in [0, 0.1) is 0 Å². The van der Waals surface area contributed by atoms with Gasteiger partial charge in [0.25, 0.3) is 5.91 Å². The molecule has 0 saturated carbocycles. The molecule has 1 aliphatic heterocycles. The Morgan fingerprint density at radius 1 is 1.14 bits per heavy atom. The molecule has 1 aromatic heterocycles. The molecule has 0 aliphatic carbocycles. The molecule has 11 heteroatoms. The average Bonchev–Trinajstić information content (AvgIpc) is 2.92. The van der Waals surface area contributed by atoms with Crippen LogP contribution < -0.4 is 20.4 Å². The third kappa shape index (κ3) is 4.81. The van der Waals surface area contributed by atoms with E-state index in [0.29, 0.717) is 47.4 Å². The van der Waals surface area contributed by atoms with E-state index in [1.54, 1.807) is 31.5 Å². The molecule has 0 atom stereocenters. The first-order valence-electron chi connectivity index (χ1n) is 11.5. The van der Waals surface area contributed by atoms with Crippen molar-refractivity contribution < 1.29 is 32.6 Å². The zero-order valence-corrected chi connectivity index (χ0v) is 20.6. The van der Waals surface area contributed by atoms with Crippen molar-refractivity contribution in [2.24, 2.45) is 0 Å². The highest BCUT2D eigenvalue weighted by atomic mass is 32.2. The number of H-pyrrole nitrogens is 1. The van der Waals surface area contributed by atoms with Crippen LogP contribution in [-0.4, -0.2) is 56.2 Å². The van der Waals surface area contributed by atoms with Crippen LogP contribution in [0.15, 0.2) is 58.4 Å². The lowest BCUT2D eigenvalue weighted by Crippen LogP contribution is -2.54. The van der Waals surface area contributed by atoms with Crippen molar-refractivity contribution in [1.82, 2.24) is 10.5 Å². The standard InChI is InChI=1S/C25H28N2O8S/c1-33-19-6-9-21-22(15-19)26-16-17(23(21)28)3-2-12-35-18-4-7-20(8-5-18)36(31,32)25(24(29)27-30)10-13-34-14-11-25/h4-9,15-16,30H,2-3,10-14H2,1H3,(H,26,28)(H,27,29). The van der Waals surface area contributed by atoms with Crippen LogP contribution in [0.25, 0.3) is 10.9 Å². The molecule has 1 amide bonds. The van der Waals surface area contributed by atoms with Crippen LogP contribution in [0.4, 0.5) is 0 Å². The molecule has 2 aromatic carbocycles. The molecule has 0 radical (unpaired) electrons. The van der Waals surface area contributed by atoms with Gasteiger partial charge in [0.15, 0.2) is 20.0 Å². The van der Waals surface area contributed by atoms with Crippen molar-refractivity contribution in [1.29, 1.82) is 0 Å². The quantitative estimate of drug-likeness (QED) is 0.223. The number of hydroxylamine groups is 1. The van der Waals surface area contributed by atoms with E-state index in [-0.39, 0.29) is 36.4 Å². The Bertz CT molecular complexity index is 1390. The molecular weight excluding hydrogens is 488 g/mol. The summed E-state index contributed by atoms with van der Waals surface area (Å²) in [6.45, 7) is 0.518. The molecule has 0 bridgehead atoms. The van der Waals surface area contributed by atoms with Gasteiger partial charge in [-0.3, -0.25) is 14.8 Å². The number of aromatic amines is 1. The maximum atomic E-state index is 13.3. The first-order valence-corrected chi connectivity index (χ1v) is 13.0. The fourth-order valence-electron chi connectivity index (χ4n) is 4.37. The minimum atomic E-state index is -4.09. The lowest BCUT2D eigenvalue weighted by Gasteiger charge is -2.34. The lowest BCUT2D eigenvalue weighted by atomic mass is 9.98. The summed E-state index contributed by atoms with van der Waals surface area (Å²) in [5.74, 6) is 0.160. The number of carbonyl (C=O) groups excluding carboxylic acids is 1. The number of pyridine rings is 1. The molecule has 36 heavy (non-hydrogen) atoms. The summed E-state index contributed by atoms with van der Waals surface area (Å²) in [4.78, 5) is 28.2. The van der Waals surface area contributed by atoms with Crippen LogP contribution in [-0.2, 0) is 25.8 Å². The smallest absolute Gasteiger partial charge is 0.265 e. The monoisotopic (exact) mass is 516 g/mol. The van der Waals surface area contributed by atoms with Gasteiger partial charge in [0.1, 0.15) is 11.5 Å². The van der Waals surface area contributed by atoms with E-state index < -0.39 is 20.5 Å². The summed E-state index contributed by atoms with van der Waals surface area (Å²) in [7, 11) is -2.53. The van der Waals surface area contributed by atoms with Gasteiger partial charge >= 0.3 is 0 Å². The number of carbonyl (C=O) groups is 1. The Morgan fingerprint density at radius 2 is 1.83 bits per heavy atom. The third-order valence-electron chi connectivity index (χ3n) is 6.49. The molecule has 4 rings (SSSR count). The van der Waals surface area contributed by atoms with Gasteiger partial charge in [-0.1, -0.05) is 0 Å². The predicted molar refractivity (Wildman–Crippen MR) is 131 cm³/mol. The number of ether oxygens (including phenoxy) is 3. The van der Waals surface area contributed by atoms with Crippen LogP contribution in [0.3, 0.4) is 0 Å². The van der Waals surface area contributed by atoms with Crippen LogP contribution in [0.5, 0.6) is 11.5 Å². The van der Waals surface area contributed by atoms with E-state index in [1.165, 1.54) is 29.7 Å². The number of hydrogen-bond donors (Lipinski definition) is 3. The maximum Gasteiger partial charge on any atom is 0.265 e. The molecule has 0 unspecified atom stereocenters. The molecule has 10 nitrogen and oxygen atoms in total. The summed E-state index contributed by atoms with van der Waals surface area (Å²) < 4.78 is 40.9. The van der Waals surface area contributed by atoms with Crippen LogP contribution in [0.1, 0.15) is 24.8 Å². The van der Waals surface area contributed by atoms with Crippen molar-refractivity contribution in [2.75, 3.05) is 26.9 Å². The fourth-order valence-corrected chi connectivity index (χ4v) is 6.31. The number of aromatic nitrogens is 1. The van der Waals surface area contributed by atoms with Crippen molar-refractivity contribution in [3.63, 3.8) is 0 Å². The van der Waals surface area contributed by atoms with Gasteiger partial charge in [-0.2, -0.15) is 0 Å². The lowest BCUT2D eigenvalue weighted by molar-refractivity contribution is -0.134. The zero-order chi connectivity index (χ0) is 25.8. The number of hydrogen-bond acceptors (Lipinski definition) is 8. The molecule has 1 fully saturated rings. The Hall–Kier alpha value is -3.41. The maximum absolute atomic E-state index is 13.3. The van der Waals surface area contributed by atoms with Crippen molar-refractivity contribution in [3.05, 3.63) is 64.4 Å². The van der Waals surface area contributed by atoms with Crippen molar-refractivity contribution >= 4 is 26.6 Å². The van der Waals surface area contributed by atoms with Crippen LogP contribution in [0.2, 0.25) is 0 Å². The first kappa shape index (κ1) is 25.7. The Kier molecular flexibility index (Phi) is 7.62. The third-order valence-corrected chi connectivity index (χ3v) is 9.00. The number of rotatable bonds is 9.